The maximum absolute atomic E-state index is 13.3. The number of carbonyl (C=O) groups excluding carboxylic acids is 1. The molecule has 0 aliphatic carbocycles. The summed E-state index contributed by atoms with van der Waals surface area (Å²) in [6.07, 6.45) is 8.72. The van der Waals surface area contributed by atoms with Gasteiger partial charge in [0.25, 0.3) is 0 Å². The number of H-pyrrole nitrogens is 1. The van der Waals surface area contributed by atoms with E-state index in [-0.39, 0.29) is 5.56 Å². The van der Waals surface area contributed by atoms with Gasteiger partial charge in [0.05, 0.1) is 18.5 Å². The number of para-hydroxylation sites is 2. The molecule has 9 nitrogen and oxygen atoms in total. The number of ether oxygens (including phenoxy) is 2. The van der Waals surface area contributed by atoms with Crippen molar-refractivity contribution in [2.24, 2.45) is 0 Å². The molecule has 1 atom stereocenters. The number of esters is 1. The molecule has 3 heterocycles. The van der Waals surface area contributed by atoms with Gasteiger partial charge in [-0.2, -0.15) is 0 Å². The maximum Gasteiger partial charge on any atom is 0.347 e. The van der Waals surface area contributed by atoms with E-state index >= 15 is 0 Å². The van der Waals surface area contributed by atoms with Crippen molar-refractivity contribution in [1.29, 1.82) is 0 Å². The summed E-state index contributed by atoms with van der Waals surface area (Å²) in [4.78, 5) is 30.3. The molecule has 42 heavy (non-hydrogen) atoms. The SMILES string of the molecule is COc1cc(N2C=C[C@@H](N(C)C)CC2)ccc1Nc1ncc(C(=O)Oc2ccccc2)c(-c2c[nH]c3ccccc23)n1. The molecule has 0 bridgehead atoms. The van der Waals surface area contributed by atoms with Crippen molar-refractivity contribution in [3.8, 4) is 22.8 Å². The number of benzene rings is 3. The first-order valence-electron chi connectivity index (χ1n) is 13.8. The highest BCUT2D eigenvalue weighted by Crippen LogP contribution is 2.35. The van der Waals surface area contributed by atoms with Crippen molar-refractivity contribution in [3.05, 3.63) is 103 Å². The second-order valence-corrected chi connectivity index (χ2v) is 10.3. The van der Waals surface area contributed by atoms with Crippen molar-refractivity contribution in [2.45, 2.75) is 12.5 Å². The average Bonchev–Trinajstić information content (AvgIpc) is 3.46. The second-order valence-electron chi connectivity index (χ2n) is 10.3. The molecule has 212 valence electrons. The van der Waals surface area contributed by atoms with Crippen LogP contribution in [0.3, 0.4) is 0 Å². The molecule has 1 aliphatic rings. The Bertz CT molecular complexity index is 1750. The zero-order valence-corrected chi connectivity index (χ0v) is 23.7. The van der Waals surface area contributed by atoms with Crippen molar-refractivity contribution in [1.82, 2.24) is 19.9 Å². The molecule has 0 spiro atoms. The molecule has 6 rings (SSSR count). The topological polar surface area (TPSA) is 95.6 Å². The zero-order valence-electron chi connectivity index (χ0n) is 23.7. The average molecular weight is 561 g/mol. The predicted octanol–water partition coefficient (Wildman–Crippen LogP) is 6.25. The van der Waals surface area contributed by atoms with Crippen molar-refractivity contribution >= 4 is 34.2 Å². The Morgan fingerprint density at radius 1 is 1.07 bits per heavy atom. The minimum atomic E-state index is -0.541. The van der Waals surface area contributed by atoms with Crippen LogP contribution in [0.25, 0.3) is 22.2 Å². The summed E-state index contributed by atoms with van der Waals surface area (Å²) < 4.78 is 11.4. The summed E-state index contributed by atoms with van der Waals surface area (Å²) in [6, 6.07) is 23.2. The van der Waals surface area contributed by atoms with E-state index < -0.39 is 5.97 Å². The van der Waals surface area contributed by atoms with Crippen LogP contribution in [0.4, 0.5) is 17.3 Å². The number of rotatable bonds is 8. The number of methoxy groups -OCH3 is 1. The Morgan fingerprint density at radius 3 is 2.64 bits per heavy atom. The summed E-state index contributed by atoms with van der Waals surface area (Å²) in [5, 5.41) is 4.22. The lowest BCUT2D eigenvalue weighted by molar-refractivity contribution is 0.0735. The molecule has 0 fully saturated rings. The van der Waals surface area contributed by atoms with Gasteiger partial charge in [-0.3, -0.25) is 0 Å². The van der Waals surface area contributed by atoms with Crippen molar-refractivity contribution in [2.75, 3.05) is 38.0 Å². The monoisotopic (exact) mass is 560 g/mol. The maximum atomic E-state index is 13.3. The van der Waals surface area contributed by atoms with Crippen LogP contribution < -0.4 is 19.7 Å². The Morgan fingerprint density at radius 2 is 1.88 bits per heavy atom. The molecule has 2 aromatic heterocycles. The molecule has 9 heteroatoms. The van der Waals surface area contributed by atoms with E-state index in [4.69, 9.17) is 14.5 Å². The van der Waals surface area contributed by atoms with Gasteiger partial charge in [-0.25, -0.2) is 14.8 Å². The molecule has 0 unspecified atom stereocenters. The van der Waals surface area contributed by atoms with Crippen LogP contribution in [0.2, 0.25) is 0 Å². The van der Waals surface area contributed by atoms with Crippen LogP contribution in [0, 0.1) is 0 Å². The minimum absolute atomic E-state index is 0.254. The van der Waals surface area contributed by atoms with Gasteiger partial charge >= 0.3 is 5.97 Å². The number of nitrogens with zero attached hydrogens (tertiary/aromatic N) is 4. The lowest BCUT2D eigenvalue weighted by atomic mass is 10.1. The van der Waals surface area contributed by atoms with Crippen LogP contribution in [0.15, 0.2) is 97.5 Å². The molecular formula is C33H32N6O3. The Labute approximate surface area is 244 Å². The predicted molar refractivity (Wildman–Crippen MR) is 166 cm³/mol. The van der Waals surface area contributed by atoms with Gasteiger partial charge < -0.3 is 29.6 Å². The van der Waals surface area contributed by atoms with E-state index in [1.165, 1.54) is 6.20 Å². The molecule has 0 saturated carbocycles. The number of hydrogen-bond donors (Lipinski definition) is 2. The van der Waals surface area contributed by atoms with Gasteiger partial charge in [-0.1, -0.05) is 42.5 Å². The Balaban J connectivity index is 1.33. The van der Waals surface area contributed by atoms with E-state index in [0.29, 0.717) is 34.9 Å². The fourth-order valence-corrected chi connectivity index (χ4v) is 5.09. The van der Waals surface area contributed by atoms with E-state index in [2.05, 4.69) is 51.5 Å². The van der Waals surface area contributed by atoms with Crippen LogP contribution >= 0.6 is 0 Å². The summed E-state index contributed by atoms with van der Waals surface area (Å²) in [7, 11) is 5.83. The largest absolute Gasteiger partial charge is 0.494 e. The van der Waals surface area contributed by atoms with Crippen LogP contribution in [0.1, 0.15) is 16.8 Å². The van der Waals surface area contributed by atoms with Crippen LogP contribution in [-0.2, 0) is 0 Å². The first-order chi connectivity index (χ1) is 20.5. The van der Waals surface area contributed by atoms with Crippen LogP contribution in [-0.4, -0.2) is 59.6 Å². The van der Waals surface area contributed by atoms with Gasteiger partial charge in [-0.15, -0.1) is 0 Å². The van der Waals surface area contributed by atoms with Crippen molar-refractivity contribution in [3.63, 3.8) is 0 Å². The van der Waals surface area contributed by atoms with Gasteiger partial charge in [-0.05, 0) is 50.8 Å². The number of nitrogens with one attached hydrogen (secondary N) is 2. The third-order valence-electron chi connectivity index (χ3n) is 7.39. The number of hydrogen-bond acceptors (Lipinski definition) is 8. The van der Waals surface area contributed by atoms with Gasteiger partial charge in [0.2, 0.25) is 5.95 Å². The molecule has 0 saturated heterocycles. The molecule has 2 N–H and O–H groups in total. The number of aromatic nitrogens is 3. The molecule has 0 amide bonds. The van der Waals surface area contributed by atoms with E-state index in [0.717, 1.165) is 35.1 Å². The number of fused-ring (bicyclic) bond motifs is 1. The Hall–Kier alpha value is -5.15. The molecule has 1 aliphatic heterocycles. The summed E-state index contributed by atoms with van der Waals surface area (Å²) in [5.74, 6) is 0.881. The van der Waals surface area contributed by atoms with E-state index in [1.54, 1.807) is 19.2 Å². The second kappa shape index (κ2) is 11.8. The number of anilines is 3. The molecular weight excluding hydrogens is 528 g/mol. The van der Waals surface area contributed by atoms with E-state index in [9.17, 15) is 4.79 Å². The highest BCUT2D eigenvalue weighted by molar-refractivity contribution is 6.03. The molecule has 0 radical (unpaired) electrons. The van der Waals surface area contributed by atoms with Gasteiger partial charge in [0.15, 0.2) is 0 Å². The lowest BCUT2D eigenvalue weighted by Gasteiger charge is -2.31. The summed E-state index contributed by atoms with van der Waals surface area (Å²) in [6.45, 7) is 0.910. The number of carbonyl (C=O) groups is 1. The first kappa shape index (κ1) is 27.0. The quantitative estimate of drug-likeness (QED) is 0.170. The minimum Gasteiger partial charge on any atom is -0.494 e. The zero-order chi connectivity index (χ0) is 29.1. The third-order valence-corrected chi connectivity index (χ3v) is 7.39. The highest BCUT2D eigenvalue weighted by Gasteiger charge is 2.22. The summed E-state index contributed by atoms with van der Waals surface area (Å²) in [5.41, 5.74) is 4.15. The normalized spacial score (nSPS) is 14.8. The van der Waals surface area contributed by atoms with Gasteiger partial charge in [0, 0.05) is 59.4 Å². The smallest absolute Gasteiger partial charge is 0.347 e. The first-order valence-corrected chi connectivity index (χ1v) is 13.8. The molecule has 5 aromatic rings. The van der Waals surface area contributed by atoms with Gasteiger partial charge in [0.1, 0.15) is 17.1 Å². The highest BCUT2D eigenvalue weighted by atomic mass is 16.5. The lowest BCUT2D eigenvalue weighted by Crippen LogP contribution is -2.34. The summed E-state index contributed by atoms with van der Waals surface area (Å²) >= 11 is 0. The number of likely N-dealkylation sites (N-methyl/N-ethyl adjacent to an activating group) is 1. The fraction of sp³-hybridized carbons (Fsp3) is 0.182. The Kier molecular flexibility index (Phi) is 7.57. The molecule has 3 aromatic carbocycles. The van der Waals surface area contributed by atoms with Crippen molar-refractivity contribution < 1.29 is 14.3 Å². The fourth-order valence-electron chi connectivity index (χ4n) is 5.09. The standard InChI is InChI=1S/C33H32N6O3/c1-38(2)22-15-17-39(18-16-22)23-13-14-29(30(19-23)41-3)36-33-35-21-27(32(40)42-24-9-5-4-6-10-24)31(37-33)26-20-34-28-12-8-7-11-25(26)28/h4-15,17,19-22,34H,16,18H2,1-3H3,(H,35,36,37)/t22-/m1/s1. The number of aromatic amines is 1. The van der Waals surface area contributed by atoms with Crippen LogP contribution in [0.5, 0.6) is 11.5 Å². The van der Waals surface area contributed by atoms with E-state index in [1.807, 2.05) is 66.9 Å². The third kappa shape index (κ3) is 5.55.